The highest BCUT2D eigenvalue weighted by Crippen LogP contribution is 2.45. The van der Waals surface area contributed by atoms with E-state index in [0.717, 1.165) is 19.4 Å². The summed E-state index contributed by atoms with van der Waals surface area (Å²) in [5.74, 6) is -0.544. The Bertz CT molecular complexity index is 1240. The minimum atomic E-state index is -4.09. The fourth-order valence-corrected chi connectivity index (χ4v) is 10.2. The van der Waals surface area contributed by atoms with Crippen molar-refractivity contribution in [3.05, 3.63) is 40.9 Å². The van der Waals surface area contributed by atoms with E-state index in [-0.39, 0.29) is 44.8 Å². The first kappa shape index (κ1) is 25.6. The summed E-state index contributed by atoms with van der Waals surface area (Å²) in [5, 5.41) is 0.434. The van der Waals surface area contributed by atoms with Gasteiger partial charge in [-0.1, -0.05) is 29.3 Å². The number of carbonyl (C=O) groups is 2. The zero-order valence-electron chi connectivity index (χ0n) is 20.8. The number of rotatable bonds is 4. The molecule has 5 heterocycles. The smallest absolute Gasteiger partial charge is 0.245 e. The molecule has 5 saturated heterocycles. The summed E-state index contributed by atoms with van der Waals surface area (Å²) < 4.78 is 29.5. The fourth-order valence-electron chi connectivity index (χ4n) is 7.59. The largest absolute Gasteiger partial charge is 0.335 e. The highest BCUT2D eigenvalue weighted by atomic mass is 35.5. The van der Waals surface area contributed by atoms with Crippen LogP contribution in [0, 0.1) is 5.92 Å². The van der Waals surface area contributed by atoms with Gasteiger partial charge in [-0.25, -0.2) is 8.42 Å². The van der Waals surface area contributed by atoms with Crippen LogP contribution in [0.25, 0.3) is 0 Å². The number of sulfonamides is 1. The zero-order valence-corrected chi connectivity index (χ0v) is 23.1. The lowest BCUT2D eigenvalue weighted by molar-refractivity contribution is -0.148. The summed E-state index contributed by atoms with van der Waals surface area (Å²) in [6.07, 6.45) is 5.78. The lowest BCUT2D eigenvalue weighted by Crippen LogP contribution is -2.58. The summed E-state index contributed by atoms with van der Waals surface area (Å²) in [6, 6.07) is 2.68. The number of halogens is 2. The van der Waals surface area contributed by atoms with E-state index >= 15 is 0 Å². The molecule has 6 rings (SSSR count). The Morgan fingerprint density at radius 2 is 1.76 bits per heavy atom. The van der Waals surface area contributed by atoms with Crippen LogP contribution < -0.4 is 0 Å². The molecule has 0 radical (unpaired) electrons. The third-order valence-electron chi connectivity index (χ3n) is 9.23. The molecule has 8 nitrogen and oxygen atoms in total. The van der Waals surface area contributed by atoms with Gasteiger partial charge in [-0.3, -0.25) is 14.5 Å². The van der Waals surface area contributed by atoms with Gasteiger partial charge >= 0.3 is 0 Å². The SMILES string of the molecule is C=C[C@H]1[C@@H]2CC[C@@H](C(=O)N3C[C@@H]4C[C@H]3CN4C)N2C(=O)C2CCC[C@@H]1N2S(=O)(=O)c1cc(Cl)cc(Cl)c1. The quantitative estimate of drug-likeness (QED) is 0.523. The third-order valence-corrected chi connectivity index (χ3v) is 11.6. The van der Waals surface area contributed by atoms with Crippen LogP contribution in [0.15, 0.2) is 35.7 Å². The third kappa shape index (κ3) is 3.95. The first-order valence-electron chi connectivity index (χ1n) is 13.1. The number of benzene rings is 1. The van der Waals surface area contributed by atoms with Crippen molar-refractivity contribution in [3.8, 4) is 0 Å². The van der Waals surface area contributed by atoms with E-state index in [1.807, 2.05) is 4.90 Å². The maximum Gasteiger partial charge on any atom is 0.245 e. The summed E-state index contributed by atoms with van der Waals surface area (Å²) >= 11 is 12.3. The van der Waals surface area contributed by atoms with Gasteiger partial charge in [0.1, 0.15) is 12.1 Å². The highest BCUT2D eigenvalue weighted by molar-refractivity contribution is 7.89. The van der Waals surface area contributed by atoms with Gasteiger partial charge < -0.3 is 9.80 Å². The topological polar surface area (TPSA) is 81.2 Å². The number of carbonyl (C=O) groups excluding carboxylic acids is 2. The number of amides is 2. The van der Waals surface area contributed by atoms with Gasteiger partial charge in [0, 0.05) is 53.2 Å². The number of fused-ring (bicyclic) bond motifs is 5. The van der Waals surface area contributed by atoms with Crippen molar-refractivity contribution in [2.24, 2.45) is 5.92 Å². The Hall–Kier alpha value is -1.65. The number of hydrogen-bond donors (Lipinski definition) is 0. The molecule has 1 aromatic carbocycles. The molecule has 2 amide bonds. The standard InChI is InChI=1S/C26H32Cl2N4O4S/c1-3-20-21-7-8-23(25(33)30-14-17-12-18(30)13-29(17)2)31(21)26(34)24-6-4-5-22(20)32(24)37(35,36)19-10-15(27)9-16(28)11-19/h3,9-11,17-18,20-24H,1,4-8,12-14H2,2H3/t17-,18-,20-,21-,22-,23-,24?/m0/s1. The van der Waals surface area contributed by atoms with Gasteiger partial charge in [0.15, 0.2) is 0 Å². The number of likely N-dealkylation sites (tertiary alicyclic amines) is 2. The molecule has 200 valence electrons. The van der Waals surface area contributed by atoms with Crippen LogP contribution in [0.4, 0.5) is 0 Å². The van der Waals surface area contributed by atoms with Crippen LogP contribution >= 0.6 is 23.2 Å². The average Bonchev–Trinajstić information content (AvgIpc) is 3.56. The molecule has 0 N–H and O–H groups in total. The summed E-state index contributed by atoms with van der Waals surface area (Å²) in [6.45, 7) is 5.61. The number of piperidine rings is 1. The Kier molecular flexibility index (Phi) is 6.39. The molecule has 5 fully saturated rings. The Balaban J connectivity index is 1.37. The maximum absolute atomic E-state index is 14.2. The van der Waals surface area contributed by atoms with E-state index in [4.69, 9.17) is 23.2 Å². The zero-order chi connectivity index (χ0) is 26.2. The van der Waals surface area contributed by atoms with E-state index < -0.39 is 28.1 Å². The summed E-state index contributed by atoms with van der Waals surface area (Å²) in [4.78, 5) is 34.0. The van der Waals surface area contributed by atoms with Crippen molar-refractivity contribution in [3.63, 3.8) is 0 Å². The second-order valence-electron chi connectivity index (χ2n) is 11.1. The number of nitrogens with zero attached hydrogens (tertiary/aromatic N) is 4. The number of hydrogen-bond acceptors (Lipinski definition) is 5. The molecular weight excluding hydrogens is 535 g/mol. The lowest BCUT2D eigenvalue weighted by Gasteiger charge is -2.41. The van der Waals surface area contributed by atoms with Crippen molar-refractivity contribution >= 4 is 45.0 Å². The van der Waals surface area contributed by atoms with E-state index in [1.165, 1.54) is 22.5 Å². The molecule has 37 heavy (non-hydrogen) atoms. The molecule has 1 aromatic rings. The Labute approximate surface area is 228 Å². The minimum Gasteiger partial charge on any atom is -0.335 e. The number of piperazine rings is 1. The van der Waals surface area contributed by atoms with E-state index in [9.17, 15) is 18.0 Å². The Morgan fingerprint density at radius 1 is 1.03 bits per heavy atom. The maximum atomic E-state index is 14.2. The molecule has 0 spiro atoms. The van der Waals surface area contributed by atoms with Crippen LogP contribution in [-0.4, -0.2) is 95.6 Å². The highest BCUT2D eigenvalue weighted by Gasteiger charge is 2.58. The first-order chi connectivity index (χ1) is 17.6. The second kappa shape index (κ2) is 9.23. The second-order valence-corrected chi connectivity index (χ2v) is 13.9. The van der Waals surface area contributed by atoms with Gasteiger partial charge in [-0.2, -0.15) is 4.31 Å². The predicted molar refractivity (Wildman–Crippen MR) is 141 cm³/mol. The van der Waals surface area contributed by atoms with Crippen molar-refractivity contribution < 1.29 is 18.0 Å². The van der Waals surface area contributed by atoms with Crippen LogP contribution in [0.2, 0.25) is 10.0 Å². The first-order valence-corrected chi connectivity index (χ1v) is 15.3. The molecule has 5 aliphatic heterocycles. The molecule has 0 saturated carbocycles. The molecular formula is C26H32Cl2N4O4S. The molecule has 5 aliphatic rings. The van der Waals surface area contributed by atoms with E-state index in [1.54, 1.807) is 11.0 Å². The van der Waals surface area contributed by atoms with Crippen LogP contribution in [-0.2, 0) is 19.6 Å². The van der Waals surface area contributed by atoms with Gasteiger partial charge in [-0.05, 0) is 63.8 Å². The average molecular weight is 568 g/mol. The molecule has 0 aliphatic carbocycles. The van der Waals surface area contributed by atoms with Crippen molar-refractivity contribution in [2.45, 2.75) is 79.7 Å². The predicted octanol–water partition coefficient (Wildman–Crippen LogP) is 3.00. The summed E-state index contributed by atoms with van der Waals surface area (Å²) in [5.41, 5.74) is 0. The van der Waals surface area contributed by atoms with Gasteiger partial charge in [0.25, 0.3) is 0 Å². The van der Waals surface area contributed by atoms with Crippen LogP contribution in [0.5, 0.6) is 0 Å². The molecule has 4 bridgehead atoms. The lowest BCUT2D eigenvalue weighted by atomic mass is 9.85. The van der Waals surface area contributed by atoms with Crippen LogP contribution in [0.1, 0.15) is 38.5 Å². The van der Waals surface area contributed by atoms with Gasteiger partial charge in [-0.15, -0.1) is 6.58 Å². The van der Waals surface area contributed by atoms with E-state index in [0.29, 0.717) is 38.3 Å². The van der Waals surface area contributed by atoms with Gasteiger partial charge in [0.2, 0.25) is 21.8 Å². The van der Waals surface area contributed by atoms with Gasteiger partial charge in [0.05, 0.1) is 4.90 Å². The van der Waals surface area contributed by atoms with E-state index in [2.05, 4.69) is 18.5 Å². The molecule has 0 aromatic heterocycles. The summed E-state index contributed by atoms with van der Waals surface area (Å²) in [7, 11) is -2.00. The van der Waals surface area contributed by atoms with Crippen molar-refractivity contribution in [1.29, 1.82) is 0 Å². The molecule has 7 atom stereocenters. The monoisotopic (exact) mass is 566 g/mol. The number of likely N-dealkylation sites (N-methyl/N-ethyl adjacent to an activating group) is 1. The fraction of sp³-hybridized carbons (Fsp3) is 0.615. The Morgan fingerprint density at radius 3 is 2.38 bits per heavy atom. The molecule has 1 unspecified atom stereocenters. The normalized spacial score (nSPS) is 36.1. The van der Waals surface area contributed by atoms with Crippen molar-refractivity contribution in [1.82, 2.24) is 19.0 Å². The van der Waals surface area contributed by atoms with Crippen LogP contribution in [0.3, 0.4) is 0 Å². The molecule has 11 heteroatoms. The van der Waals surface area contributed by atoms with Crippen molar-refractivity contribution in [2.75, 3.05) is 20.1 Å². The minimum absolute atomic E-state index is 0.00624.